The van der Waals surface area contributed by atoms with Crippen LogP contribution in [0.1, 0.15) is 16.8 Å². The highest BCUT2D eigenvalue weighted by Gasteiger charge is 2.23. The zero-order valence-corrected chi connectivity index (χ0v) is 15.1. The first-order valence-corrected chi connectivity index (χ1v) is 8.62. The molecule has 0 saturated carbocycles. The number of rotatable bonds is 8. The third-order valence-corrected chi connectivity index (χ3v) is 4.12. The molecule has 0 radical (unpaired) electrons. The third-order valence-electron chi connectivity index (χ3n) is 4.12. The summed E-state index contributed by atoms with van der Waals surface area (Å²) in [6, 6.07) is 10.2. The van der Waals surface area contributed by atoms with E-state index in [-0.39, 0.29) is 6.61 Å². The Kier molecular flexibility index (Phi) is 5.88. The molecular formula is C18H25N7O. The number of aromatic nitrogens is 2. The van der Waals surface area contributed by atoms with Crippen LogP contribution in [0.5, 0.6) is 0 Å². The molecule has 0 amide bonds. The van der Waals surface area contributed by atoms with Crippen LogP contribution in [-0.2, 0) is 13.1 Å². The summed E-state index contributed by atoms with van der Waals surface area (Å²) in [6.45, 7) is 1.79. The van der Waals surface area contributed by atoms with E-state index in [9.17, 15) is 0 Å². The number of nitrogens with zero attached hydrogens (tertiary/aromatic N) is 3. The Bertz CT molecular complexity index is 764. The van der Waals surface area contributed by atoms with Crippen molar-refractivity contribution < 1.29 is 5.11 Å². The van der Waals surface area contributed by atoms with Gasteiger partial charge in [0.15, 0.2) is 0 Å². The Hall–Kier alpha value is -2.84. The van der Waals surface area contributed by atoms with Crippen molar-refractivity contribution in [1.82, 2.24) is 25.7 Å². The molecule has 138 valence electrons. The molecule has 2 heterocycles. The molecule has 1 aliphatic rings. The molecule has 3 rings (SSSR count). The minimum atomic E-state index is 0.0400. The number of aliphatic hydroxyl groups excluding tert-OH is 1. The lowest BCUT2D eigenvalue weighted by atomic mass is 10.1. The maximum atomic E-state index is 9.15. The Labute approximate surface area is 153 Å². The summed E-state index contributed by atoms with van der Waals surface area (Å²) in [5, 5.41) is 20.8. The van der Waals surface area contributed by atoms with Crippen LogP contribution in [0.25, 0.3) is 5.70 Å². The van der Waals surface area contributed by atoms with Crippen LogP contribution in [0.3, 0.4) is 0 Å². The number of hydrazine groups is 1. The fourth-order valence-electron chi connectivity index (χ4n) is 2.79. The van der Waals surface area contributed by atoms with E-state index in [0.29, 0.717) is 25.6 Å². The summed E-state index contributed by atoms with van der Waals surface area (Å²) in [5.41, 5.74) is 7.09. The van der Waals surface area contributed by atoms with Crippen LogP contribution in [0.15, 0.2) is 36.5 Å². The van der Waals surface area contributed by atoms with Crippen molar-refractivity contribution in [3.63, 3.8) is 0 Å². The summed E-state index contributed by atoms with van der Waals surface area (Å²) in [4.78, 5) is 9.16. The Morgan fingerprint density at radius 1 is 1.12 bits per heavy atom. The molecule has 1 aliphatic heterocycles. The van der Waals surface area contributed by atoms with Gasteiger partial charge in [-0.15, -0.1) is 0 Å². The Balaban J connectivity index is 1.93. The first-order valence-electron chi connectivity index (χ1n) is 8.62. The standard InChI is InChI=1S/C18H25N7O/c1-19-18-23-16-14(17(24-18)21-8-9-26)11-25(20-2)12-15(16)22-10-13-6-4-3-5-7-13/h3-7,12,20,22,26H,8-11H2,1-2H3,(H2,19,21,23,24). The van der Waals surface area contributed by atoms with Gasteiger partial charge in [0.2, 0.25) is 5.95 Å². The van der Waals surface area contributed by atoms with Gasteiger partial charge in [-0.1, -0.05) is 30.3 Å². The van der Waals surface area contributed by atoms with E-state index < -0.39 is 0 Å². The summed E-state index contributed by atoms with van der Waals surface area (Å²) in [5.74, 6) is 1.26. The molecule has 2 aromatic rings. The number of fused-ring (bicyclic) bond motifs is 1. The summed E-state index contributed by atoms with van der Waals surface area (Å²) < 4.78 is 0. The van der Waals surface area contributed by atoms with Crippen molar-refractivity contribution in [2.75, 3.05) is 37.9 Å². The number of hydrogen-bond acceptors (Lipinski definition) is 8. The van der Waals surface area contributed by atoms with Gasteiger partial charge in [0, 0.05) is 38.9 Å². The number of aliphatic hydroxyl groups is 1. The van der Waals surface area contributed by atoms with Crippen molar-refractivity contribution in [3.8, 4) is 0 Å². The third kappa shape index (κ3) is 4.04. The highest BCUT2D eigenvalue weighted by molar-refractivity contribution is 5.70. The molecule has 0 spiro atoms. The van der Waals surface area contributed by atoms with E-state index in [1.807, 2.05) is 36.5 Å². The van der Waals surface area contributed by atoms with Crippen LogP contribution < -0.4 is 21.4 Å². The van der Waals surface area contributed by atoms with Gasteiger partial charge in [-0.25, -0.2) is 10.4 Å². The lowest BCUT2D eigenvalue weighted by Crippen LogP contribution is -2.35. The summed E-state index contributed by atoms with van der Waals surface area (Å²) in [7, 11) is 3.67. The average Bonchev–Trinajstić information content (AvgIpc) is 2.70. The summed E-state index contributed by atoms with van der Waals surface area (Å²) >= 11 is 0. The molecule has 5 N–H and O–H groups in total. The number of anilines is 2. The van der Waals surface area contributed by atoms with E-state index in [2.05, 4.69) is 43.5 Å². The van der Waals surface area contributed by atoms with Gasteiger partial charge in [-0.2, -0.15) is 4.98 Å². The quantitative estimate of drug-likeness (QED) is 0.478. The van der Waals surface area contributed by atoms with Crippen LogP contribution in [-0.4, -0.2) is 47.3 Å². The van der Waals surface area contributed by atoms with Crippen molar-refractivity contribution in [2.45, 2.75) is 13.1 Å². The zero-order chi connectivity index (χ0) is 18.4. The second-order valence-corrected chi connectivity index (χ2v) is 5.86. The van der Waals surface area contributed by atoms with Crippen LogP contribution >= 0.6 is 0 Å². The summed E-state index contributed by atoms with van der Waals surface area (Å²) in [6.07, 6.45) is 2.01. The number of benzene rings is 1. The van der Waals surface area contributed by atoms with Gasteiger partial charge < -0.3 is 26.1 Å². The lowest BCUT2D eigenvalue weighted by molar-refractivity contribution is 0.285. The lowest BCUT2D eigenvalue weighted by Gasteiger charge is -2.29. The fraction of sp³-hybridized carbons (Fsp3) is 0.333. The smallest absolute Gasteiger partial charge is 0.225 e. The molecular weight excluding hydrogens is 330 g/mol. The topological polar surface area (TPSA) is 97.4 Å². The minimum Gasteiger partial charge on any atom is -0.395 e. The van der Waals surface area contributed by atoms with E-state index >= 15 is 0 Å². The van der Waals surface area contributed by atoms with E-state index in [1.165, 1.54) is 5.56 Å². The van der Waals surface area contributed by atoms with Crippen molar-refractivity contribution >= 4 is 17.5 Å². The largest absolute Gasteiger partial charge is 0.395 e. The van der Waals surface area contributed by atoms with Gasteiger partial charge in [0.05, 0.1) is 18.8 Å². The number of hydrogen-bond donors (Lipinski definition) is 5. The van der Waals surface area contributed by atoms with Gasteiger partial charge in [0.1, 0.15) is 11.5 Å². The second-order valence-electron chi connectivity index (χ2n) is 5.86. The fourth-order valence-corrected chi connectivity index (χ4v) is 2.79. The number of nitrogens with one attached hydrogen (secondary N) is 4. The molecule has 0 fully saturated rings. The minimum absolute atomic E-state index is 0.0400. The van der Waals surface area contributed by atoms with Crippen LogP contribution in [0.4, 0.5) is 11.8 Å². The van der Waals surface area contributed by atoms with Crippen molar-refractivity contribution in [2.24, 2.45) is 0 Å². The average molecular weight is 355 g/mol. The van der Waals surface area contributed by atoms with E-state index in [0.717, 1.165) is 22.8 Å². The van der Waals surface area contributed by atoms with Crippen LogP contribution in [0, 0.1) is 0 Å². The SMILES string of the molecule is CNc1nc(NCCO)c2c(n1)C(NCc1ccccc1)=CN(NC)C2. The molecule has 0 unspecified atom stereocenters. The predicted molar refractivity (Wildman–Crippen MR) is 103 cm³/mol. The molecule has 0 atom stereocenters. The molecule has 1 aromatic heterocycles. The monoisotopic (exact) mass is 355 g/mol. The van der Waals surface area contributed by atoms with Gasteiger partial charge >= 0.3 is 0 Å². The Morgan fingerprint density at radius 2 is 1.92 bits per heavy atom. The van der Waals surface area contributed by atoms with E-state index in [4.69, 9.17) is 5.11 Å². The van der Waals surface area contributed by atoms with Gasteiger partial charge in [0.25, 0.3) is 0 Å². The van der Waals surface area contributed by atoms with Gasteiger partial charge in [-0.3, -0.25) is 0 Å². The maximum absolute atomic E-state index is 9.15. The van der Waals surface area contributed by atoms with Crippen molar-refractivity contribution in [1.29, 1.82) is 0 Å². The highest BCUT2D eigenvalue weighted by Crippen LogP contribution is 2.29. The molecule has 0 bridgehead atoms. The van der Waals surface area contributed by atoms with Crippen LogP contribution in [0.2, 0.25) is 0 Å². The zero-order valence-electron chi connectivity index (χ0n) is 15.1. The first-order chi connectivity index (χ1) is 12.7. The first kappa shape index (κ1) is 18.0. The molecule has 8 heteroatoms. The van der Waals surface area contributed by atoms with Gasteiger partial charge in [-0.05, 0) is 5.56 Å². The normalized spacial score (nSPS) is 13.0. The Morgan fingerprint density at radius 3 is 2.62 bits per heavy atom. The predicted octanol–water partition coefficient (Wildman–Crippen LogP) is 0.961. The van der Waals surface area contributed by atoms with E-state index in [1.54, 1.807) is 7.05 Å². The molecule has 26 heavy (non-hydrogen) atoms. The second kappa shape index (κ2) is 8.50. The highest BCUT2D eigenvalue weighted by atomic mass is 16.3. The molecule has 0 aliphatic carbocycles. The molecule has 1 aromatic carbocycles. The maximum Gasteiger partial charge on any atom is 0.225 e. The van der Waals surface area contributed by atoms with Crippen molar-refractivity contribution in [3.05, 3.63) is 53.4 Å². The molecule has 8 nitrogen and oxygen atoms in total. The molecule has 0 saturated heterocycles.